The summed E-state index contributed by atoms with van der Waals surface area (Å²) in [5.41, 5.74) is 7.36. The summed E-state index contributed by atoms with van der Waals surface area (Å²) in [4.78, 5) is 36.7. The normalized spacial score (nSPS) is 12.6. The molecule has 2 aromatic carbocycles. The van der Waals surface area contributed by atoms with Crippen molar-refractivity contribution in [3.63, 3.8) is 0 Å². The minimum absolute atomic E-state index is 0.0973. The van der Waals surface area contributed by atoms with Crippen molar-refractivity contribution < 1.29 is 19.1 Å². The summed E-state index contributed by atoms with van der Waals surface area (Å²) < 4.78 is 5.19. The second kappa shape index (κ2) is 11.6. The van der Waals surface area contributed by atoms with E-state index in [1.165, 1.54) is 0 Å². The average molecular weight is 412 g/mol. The molecule has 2 rings (SSSR count). The summed E-state index contributed by atoms with van der Waals surface area (Å²) in [6.07, 6.45) is 0.259. The molecule has 0 saturated carbocycles. The van der Waals surface area contributed by atoms with Gasteiger partial charge in [0.05, 0.1) is 0 Å². The molecule has 30 heavy (non-hydrogen) atoms. The highest BCUT2D eigenvalue weighted by Gasteiger charge is 2.28. The van der Waals surface area contributed by atoms with Gasteiger partial charge in [0, 0.05) is 0 Å². The van der Waals surface area contributed by atoms with E-state index in [1.54, 1.807) is 13.8 Å². The maximum atomic E-state index is 12.7. The number of hydrogen-bond donors (Lipinski definition) is 3. The van der Waals surface area contributed by atoms with Crippen LogP contribution in [0.25, 0.3) is 0 Å². The Morgan fingerprint density at radius 2 is 1.47 bits per heavy atom. The zero-order valence-corrected chi connectivity index (χ0v) is 17.3. The van der Waals surface area contributed by atoms with Crippen LogP contribution in [0.2, 0.25) is 0 Å². The number of ether oxygens (including phenoxy) is 1. The lowest BCUT2D eigenvalue weighted by Crippen LogP contribution is -2.54. The molecule has 0 saturated heterocycles. The first-order valence-electron chi connectivity index (χ1n) is 9.97. The minimum Gasteiger partial charge on any atom is -0.445 e. The SMILES string of the molecule is CC(C)[C@H](NC(=O)OCc1ccccc1)C(=O)N[C@H](CCc1ccccc1)C(N)=O. The van der Waals surface area contributed by atoms with Crippen molar-refractivity contribution >= 4 is 17.9 Å². The lowest BCUT2D eigenvalue weighted by molar-refractivity contribution is -0.129. The molecule has 7 nitrogen and oxygen atoms in total. The van der Waals surface area contributed by atoms with Crippen LogP contribution in [0.5, 0.6) is 0 Å². The first kappa shape index (κ1) is 22.9. The van der Waals surface area contributed by atoms with E-state index in [0.717, 1.165) is 11.1 Å². The van der Waals surface area contributed by atoms with Gasteiger partial charge >= 0.3 is 6.09 Å². The first-order valence-corrected chi connectivity index (χ1v) is 9.97. The Balaban J connectivity index is 1.91. The van der Waals surface area contributed by atoms with E-state index >= 15 is 0 Å². The number of hydrogen-bond acceptors (Lipinski definition) is 4. The Kier molecular flexibility index (Phi) is 8.87. The molecule has 0 unspecified atom stereocenters. The van der Waals surface area contributed by atoms with Gasteiger partial charge in [-0.05, 0) is 29.9 Å². The second-order valence-corrected chi connectivity index (χ2v) is 7.42. The number of aryl methyl sites for hydroxylation is 1. The van der Waals surface area contributed by atoms with E-state index < -0.39 is 30.0 Å². The van der Waals surface area contributed by atoms with Gasteiger partial charge in [0.2, 0.25) is 11.8 Å². The third-order valence-corrected chi connectivity index (χ3v) is 4.66. The summed E-state index contributed by atoms with van der Waals surface area (Å²) in [7, 11) is 0. The molecule has 0 aromatic heterocycles. The van der Waals surface area contributed by atoms with E-state index in [2.05, 4.69) is 10.6 Å². The monoisotopic (exact) mass is 411 g/mol. The van der Waals surface area contributed by atoms with Crippen LogP contribution >= 0.6 is 0 Å². The molecular weight excluding hydrogens is 382 g/mol. The molecule has 4 N–H and O–H groups in total. The average Bonchev–Trinajstić information content (AvgIpc) is 2.74. The van der Waals surface area contributed by atoms with Crippen LogP contribution in [-0.4, -0.2) is 30.0 Å². The molecule has 160 valence electrons. The molecule has 0 bridgehead atoms. The number of rotatable bonds is 10. The van der Waals surface area contributed by atoms with Crippen LogP contribution in [0.1, 0.15) is 31.4 Å². The van der Waals surface area contributed by atoms with Gasteiger partial charge in [0.25, 0.3) is 0 Å². The van der Waals surface area contributed by atoms with Gasteiger partial charge in [0.15, 0.2) is 0 Å². The molecule has 0 fully saturated rings. The van der Waals surface area contributed by atoms with Crippen molar-refractivity contribution in [1.29, 1.82) is 0 Å². The van der Waals surface area contributed by atoms with Crippen molar-refractivity contribution in [3.05, 3.63) is 71.8 Å². The Bertz CT molecular complexity index is 825. The van der Waals surface area contributed by atoms with Crippen molar-refractivity contribution in [2.45, 2.75) is 45.4 Å². The van der Waals surface area contributed by atoms with Gasteiger partial charge in [-0.25, -0.2) is 4.79 Å². The van der Waals surface area contributed by atoms with Crippen molar-refractivity contribution in [2.24, 2.45) is 11.7 Å². The molecule has 0 aliphatic carbocycles. The maximum Gasteiger partial charge on any atom is 0.408 e. The van der Waals surface area contributed by atoms with Gasteiger partial charge in [0.1, 0.15) is 18.7 Å². The Morgan fingerprint density at radius 1 is 0.900 bits per heavy atom. The Morgan fingerprint density at radius 3 is 2.00 bits per heavy atom. The van der Waals surface area contributed by atoms with E-state index in [9.17, 15) is 14.4 Å². The quantitative estimate of drug-likeness (QED) is 0.558. The van der Waals surface area contributed by atoms with E-state index in [0.29, 0.717) is 12.8 Å². The maximum absolute atomic E-state index is 12.7. The molecule has 2 atom stereocenters. The number of nitrogens with one attached hydrogen (secondary N) is 2. The minimum atomic E-state index is -0.855. The van der Waals surface area contributed by atoms with E-state index in [4.69, 9.17) is 10.5 Å². The Hall–Kier alpha value is -3.35. The summed E-state index contributed by atoms with van der Waals surface area (Å²) in [5.74, 6) is -1.30. The number of alkyl carbamates (subject to hydrolysis) is 1. The van der Waals surface area contributed by atoms with Crippen LogP contribution in [0.4, 0.5) is 4.79 Å². The number of nitrogens with two attached hydrogens (primary N) is 1. The third kappa shape index (κ3) is 7.58. The zero-order chi connectivity index (χ0) is 21.9. The summed E-state index contributed by atoms with van der Waals surface area (Å²) >= 11 is 0. The highest BCUT2D eigenvalue weighted by Crippen LogP contribution is 2.08. The van der Waals surface area contributed by atoms with Crippen LogP contribution < -0.4 is 16.4 Å². The van der Waals surface area contributed by atoms with Gasteiger partial charge in [-0.15, -0.1) is 0 Å². The lowest BCUT2D eigenvalue weighted by Gasteiger charge is -2.24. The third-order valence-electron chi connectivity index (χ3n) is 4.66. The fourth-order valence-corrected chi connectivity index (χ4v) is 2.93. The first-order chi connectivity index (χ1) is 14.4. The molecule has 3 amide bonds. The van der Waals surface area contributed by atoms with Crippen LogP contribution in [-0.2, 0) is 27.4 Å². The summed E-state index contributed by atoms with van der Waals surface area (Å²) in [6, 6.07) is 17.2. The molecule has 0 radical (unpaired) electrons. The van der Waals surface area contributed by atoms with Gasteiger partial charge in [-0.3, -0.25) is 9.59 Å². The number of carbonyl (C=O) groups is 3. The Labute approximate surface area is 177 Å². The van der Waals surface area contributed by atoms with Gasteiger partial charge in [-0.2, -0.15) is 0 Å². The molecular formula is C23H29N3O4. The number of carbonyl (C=O) groups excluding carboxylic acids is 3. The standard InChI is InChI=1S/C23H29N3O4/c1-16(2)20(26-23(29)30-15-18-11-7-4-8-12-18)22(28)25-19(21(24)27)14-13-17-9-5-3-6-10-17/h3-12,16,19-20H,13-15H2,1-2H3,(H2,24,27)(H,25,28)(H,26,29)/t19-,20+/m1/s1. The van der Waals surface area contributed by atoms with E-state index in [-0.39, 0.29) is 12.5 Å². The van der Waals surface area contributed by atoms with Crippen LogP contribution in [0.3, 0.4) is 0 Å². The fraction of sp³-hybridized carbons (Fsp3) is 0.348. The molecule has 0 aliphatic rings. The molecule has 7 heteroatoms. The zero-order valence-electron chi connectivity index (χ0n) is 17.3. The number of primary amides is 1. The van der Waals surface area contributed by atoms with Crippen LogP contribution in [0.15, 0.2) is 60.7 Å². The number of amides is 3. The number of benzene rings is 2. The molecule has 2 aromatic rings. The second-order valence-electron chi connectivity index (χ2n) is 7.42. The van der Waals surface area contributed by atoms with Crippen LogP contribution in [0, 0.1) is 5.92 Å². The predicted molar refractivity (Wildman–Crippen MR) is 114 cm³/mol. The van der Waals surface area contributed by atoms with Gasteiger partial charge in [-0.1, -0.05) is 74.5 Å². The highest BCUT2D eigenvalue weighted by molar-refractivity contribution is 5.90. The largest absolute Gasteiger partial charge is 0.445 e. The molecule has 0 heterocycles. The highest BCUT2D eigenvalue weighted by atomic mass is 16.5. The fourth-order valence-electron chi connectivity index (χ4n) is 2.93. The predicted octanol–water partition coefficient (Wildman–Crippen LogP) is 2.54. The lowest BCUT2D eigenvalue weighted by atomic mass is 10.0. The van der Waals surface area contributed by atoms with Crippen molar-refractivity contribution in [2.75, 3.05) is 0 Å². The van der Waals surface area contributed by atoms with E-state index in [1.807, 2.05) is 60.7 Å². The summed E-state index contributed by atoms with van der Waals surface area (Å²) in [5, 5.41) is 5.24. The summed E-state index contributed by atoms with van der Waals surface area (Å²) in [6.45, 7) is 3.69. The van der Waals surface area contributed by atoms with Gasteiger partial charge < -0.3 is 21.1 Å². The molecule has 0 spiro atoms. The van der Waals surface area contributed by atoms with Crippen molar-refractivity contribution in [1.82, 2.24) is 10.6 Å². The molecule has 0 aliphatic heterocycles. The smallest absolute Gasteiger partial charge is 0.408 e. The van der Waals surface area contributed by atoms with Crippen molar-refractivity contribution in [3.8, 4) is 0 Å². The topological polar surface area (TPSA) is 111 Å².